The molecule has 0 aliphatic rings. The lowest BCUT2D eigenvalue weighted by molar-refractivity contribution is -0.385. The number of methoxy groups -OCH3 is 1. The predicted molar refractivity (Wildman–Crippen MR) is 80.1 cm³/mol. The molecule has 0 aliphatic carbocycles. The Morgan fingerprint density at radius 2 is 2.05 bits per heavy atom. The van der Waals surface area contributed by atoms with Gasteiger partial charge in [-0.05, 0) is 5.92 Å². The summed E-state index contributed by atoms with van der Waals surface area (Å²) in [5.74, 6) is 0.214. The van der Waals surface area contributed by atoms with E-state index in [4.69, 9.17) is 4.74 Å². The summed E-state index contributed by atoms with van der Waals surface area (Å²) in [7, 11) is 1.58. The molecule has 0 aliphatic heterocycles. The van der Waals surface area contributed by atoms with E-state index in [9.17, 15) is 14.9 Å². The monoisotopic (exact) mass is 294 g/mol. The van der Waals surface area contributed by atoms with Gasteiger partial charge < -0.3 is 9.64 Å². The Labute approximate surface area is 124 Å². The van der Waals surface area contributed by atoms with Crippen LogP contribution < -0.4 is 0 Å². The standard InChI is InChI=1S/C15H22N2O4/c1-12(2)11-16(8-9-21-3)15(18)10-13-6-4-5-7-14(13)17(19)20/h4-7,12H,8-11H2,1-3H3. The zero-order chi connectivity index (χ0) is 15.8. The number of carbonyl (C=O) groups is 1. The topological polar surface area (TPSA) is 72.7 Å². The minimum Gasteiger partial charge on any atom is -0.383 e. The van der Waals surface area contributed by atoms with Crippen molar-refractivity contribution in [2.24, 2.45) is 5.92 Å². The minimum absolute atomic E-state index is 0.0120. The van der Waals surface area contributed by atoms with Crippen LogP contribution in [0.5, 0.6) is 0 Å². The van der Waals surface area contributed by atoms with Crippen LogP contribution in [0, 0.1) is 16.0 Å². The first-order chi connectivity index (χ1) is 9.95. The van der Waals surface area contributed by atoms with Crippen LogP contribution in [0.2, 0.25) is 0 Å². The third-order valence-electron chi connectivity index (χ3n) is 3.03. The number of para-hydroxylation sites is 1. The average molecular weight is 294 g/mol. The van der Waals surface area contributed by atoms with Crippen molar-refractivity contribution < 1.29 is 14.5 Å². The molecule has 0 unspecified atom stereocenters. The Balaban J connectivity index is 2.83. The van der Waals surface area contributed by atoms with Crippen molar-refractivity contribution in [1.82, 2.24) is 4.90 Å². The Morgan fingerprint density at radius 1 is 1.38 bits per heavy atom. The van der Waals surface area contributed by atoms with E-state index in [2.05, 4.69) is 0 Å². The molecule has 0 spiro atoms. The van der Waals surface area contributed by atoms with Gasteiger partial charge >= 0.3 is 0 Å². The van der Waals surface area contributed by atoms with E-state index < -0.39 is 4.92 Å². The fourth-order valence-electron chi connectivity index (χ4n) is 2.07. The van der Waals surface area contributed by atoms with Gasteiger partial charge in [0.15, 0.2) is 0 Å². The first-order valence-electron chi connectivity index (χ1n) is 6.94. The summed E-state index contributed by atoms with van der Waals surface area (Å²) in [5.41, 5.74) is 0.431. The van der Waals surface area contributed by atoms with Crippen LogP contribution in [0.4, 0.5) is 5.69 Å². The second-order valence-corrected chi connectivity index (χ2v) is 5.29. The quantitative estimate of drug-likeness (QED) is 0.544. The number of rotatable bonds is 8. The zero-order valence-corrected chi connectivity index (χ0v) is 12.7. The smallest absolute Gasteiger partial charge is 0.273 e. The highest BCUT2D eigenvalue weighted by Crippen LogP contribution is 2.19. The zero-order valence-electron chi connectivity index (χ0n) is 12.7. The van der Waals surface area contributed by atoms with Crippen LogP contribution in [0.1, 0.15) is 19.4 Å². The van der Waals surface area contributed by atoms with Gasteiger partial charge in [0.2, 0.25) is 5.91 Å². The molecule has 6 nitrogen and oxygen atoms in total. The third kappa shape index (κ3) is 5.51. The summed E-state index contributed by atoms with van der Waals surface area (Å²) in [5, 5.41) is 11.0. The summed E-state index contributed by atoms with van der Waals surface area (Å²) in [6, 6.07) is 6.35. The number of hydrogen-bond acceptors (Lipinski definition) is 4. The van der Waals surface area contributed by atoms with E-state index in [1.807, 2.05) is 13.8 Å². The molecule has 0 radical (unpaired) electrons. The highest BCUT2D eigenvalue weighted by atomic mass is 16.6. The van der Waals surface area contributed by atoms with E-state index >= 15 is 0 Å². The Bertz CT molecular complexity index is 488. The minimum atomic E-state index is -0.454. The molecular formula is C15H22N2O4. The highest BCUT2D eigenvalue weighted by Gasteiger charge is 2.20. The number of benzene rings is 1. The molecule has 0 atom stereocenters. The van der Waals surface area contributed by atoms with Gasteiger partial charge in [0.05, 0.1) is 18.0 Å². The number of ether oxygens (including phenoxy) is 1. The molecule has 0 bridgehead atoms. The molecule has 0 heterocycles. The van der Waals surface area contributed by atoms with Crippen molar-refractivity contribution in [3.8, 4) is 0 Å². The molecule has 0 fully saturated rings. The van der Waals surface area contributed by atoms with E-state index in [-0.39, 0.29) is 18.0 Å². The molecule has 1 rings (SSSR count). The fraction of sp³-hybridized carbons (Fsp3) is 0.533. The summed E-state index contributed by atoms with van der Waals surface area (Å²) in [6.45, 7) is 5.61. The van der Waals surface area contributed by atoms with E-state index in [0.717, 1.165) is 0 Å². The van der Waals surface area contributed by atoms with Crippen LogP contribution >= 0.6 is 0 Å². The average Bonchev–Trinajstić information content (AvgIpc) is 2.43. The number of hydrogen-bond donors (Lipinski definition) is 0. The fourth-order valence-corrected chi connectivity index (χ4v) is 2.07. The third-order valence-corrected chi connectivity index (χ3v) is 3.03. The van der Waals surface area contributed by atoms with Gasteiger partial charge in [0, 0.05) is 31.8 Å². The number of nitrogens with zero attached hydrogens (tertiary/aromatic N) is 2. The van der Waals surface area contributed by atoms with E-state index in [0.29, 0.717) is 31.2 Å². The van der Waals surface area contributed by atoms with Crippen LogP contribution in [-0.2, 0) is 16.0 Å². The van der Waals surface area contributed by atoms with Gasteiger partial charge in [-0.15, -0.1) is 0 Å². The molecule has 0 N–H and O–H groups in total. The van der Waals surface area contributed by atoms with Gasteiger partial charge in [0.25, 0.3) is 5.69 Å². The maximum atomic E-state index is 12.4. The maximum absolute atomic E-state index is 12.4. The van der Waals surface area contributed by atoms with Crippen molar-refractivity contribution in [2.45, 2.75) is 20.3 Å². The normalized spacial score (nSPS) is 10.7. The number of nitro groups is 1. The number of nitro benzene ring substituents is 1. The van der Waals surface area contributed by atoms with E-state index in [1.165, 1.54) is 6.07 Å². The first-order valence-corrected chi connectivity index (χ1v) is 6.94. The lowest BCUT2D eigenvalue weighted by atomic mass is 10.1. The van der Waals surface area contributed by atoms with Gasteiger partial charge in [-0.3, -0.25) is 14.9 Å². The molecule has 116 valence electrons. The van der Waals surface area contributed by atoms with Crippen molar-refractivity contribution in [3.63, 3.8) is 0 Å². The molecule has 0 saturated carbocycles. The number of amides is 1. The highest BCUT2D eigenvalue weighted by molar-refractivity contribution is 5.80. The Morgan fingerprint density at radius 3 is 2.62 bits per heavy atom. The van der Waals surface area contributed by atoms with Crippen LogP contribution in [0.15, 0.2) is 24.3 Å². The van der Waals surface area contributed by atoms with Gasteiger partial charge in [-0.1, -0.05) is 32.0 Å². The maximum Gasteiger partial charge on any atom is 0.273 e. The SMILES string of the molecule is COCCN(CC(C)C)C(=O)Cc1ccccc1[N+](=O)[O-]. The summed E-state index contributed by atoms with van der Waals surface area (Å²) < 4.78 is 5.01. The van der Waals surface area contributed by atoms with Gasteiger partial charge in [-0.25, -0.2) is 0 Å². The summed E-state index contributed by atoms with van der Waals surface area (Å²) in [4.78, 5) is 24.6. The van der Waals surface area contributed by atoms with Crippen molar-refractivity contribution in [2.75, 3.05) is 26.8 Å². The van der Waals surface area contributed by atoms with Crippen molar-refractivity contribution in [1.29, 1.82) is 0 Å². The predicted octanol–water partition coefficient (Wildman–Crippen LogP) is 2.27. The van der Waals surface area contributed by atoms with Crippen molar-refractivity contribution in [3.05, 3.63) is 39.9 Å². The van der Waals surface area contributed by atoms with Crippen LogP contribution in [0.3, 0.4) is 0 Å². The lowest BCUT2D eigenvalue weighted by Gasteiger charge is -2.24. The molecule has 21 heavy (non-hydrogen) atoms. The molecule has 1 aromatic carbocycles. The lowest BCUT2D eigenvalue weighted by Crippen LogP contribution is -2.37. The van der Waals surface area contributed by atoms with Crippen molar-refractivity contribution >= 4 is 11.6 Å². The van der Waals surface area contributed by atoms with Crippen LogP contribution in [0.25, 0.3) is 0 Å². The molecule has 0 saturated heterocycles. The molecule has 1 amide bonds. The second kappa shape index (κ2) is 8.36. The molecule has 1 aromatic rings. The Kier molecular flexibility index (Phi) is 6.81. The summed E-state index contributed by atoms with van der Waals surface area (Å²) >= 11 is 0. The van der Waals surface area contributed by atoms with Crippen LogP contribution in [-0.4, -0.2) is 42.5 Å². The summed E-state index contributed by atoms with van der Waals surface area (Å²) in [6.07, 6.45) is 0.0353. The first kappa shape index (κ1) is 17.1. The second-order valence-electron chi connectivity index (χ2n) is 5.29. The molecular weight excluding hydrogens is 272 g/mol. The Hall–Kier alpha value is -1.95. The molecule has 6 heteroatoms. The van der Waals surface area contributed by atoms with Gasteiger partial charge in [0.1, 0.15) is 0 Å². The number of carbonyl (C=O) groups excluding carboxylic acids is 1. The van der Waals surface area contributed by atoms with E-state index in [1.54, 1.807) is 30.2 Å². The largest absolute Gasteiger partial charge is 0.383 e. The van der Waals surface area contributed by atoms with Gasteiger partial charge in [-0.2, -0.15) is 0 Å². The molecule has 0 aromatic heterocycles.